The van der Waals surface area contributed by atoms with Gasteiger partial charge in [-0.3, -0.25) is 0 Å². The van der Waals surface area contributed by atoms with Crippen molar-refractivity contribution in [2.75, 3.05) is 0 Å². The predicted molar refractivity (Wildman–Crippen MR) is 57.1 cm³/mol. The van der Waals surface area contributed by atoms with Gasteiger partial charge in [-0.15, -0.1) is 0 Å². The molecule has 0 saturated carbocycles. The van der Waals surface area contributed by atoms with Crippen LogP contribution in [0.3, 0.4) is 0 Å². The monoisotopic (exact) mass is 212 g/mol. The van der Waals surface area contributed by atoms with E-state index in [9.17, 15) is 4.39 Å². The van der Waals surface area contributed by atoms with Crippen molar-refractivity contribution >= 4 is 6.21 Å². The lowest BCUT2D eigenvalue weighted by Gasteiger charge is -2.16. The zero-order valence-corrected chi connectivity index (χ0v) is 9.58. The first-order chi connectivity index (χ1) is 6.83. The lowest BCUT2D eigenvalue weighted by atomic mass is 10.1. The van der Waals surface area contributed by atoms with E-state index in [1.165, 1.54) is 20.1 Å². The molecule has 0 aliphatic rings. The van der Waals surface area contributed by atoms with Crippen LogP contribution in [-0.4, -0.2) is 26.6 Å². The van der Waals surface area contributed by atoms with Gasteiger partial charge in [-0.1, -0.05) is 6.92 Å². The van der Waals surface area contributed by atoms with Crippen LogP contribution < -0.4 is 0 Å². The molecule has 0 amide bonds. The molecule has 5 heteroatoms. The number of nitrogens with one attached hydrogen (secondary N) is 1. The molecular formula is C10H17FN4. The van der Waals surface area contributed by atoms with E-state index in [0.717, 1.165) is 0 Å². The van der Waals surface area contributed by atoms with E-state index < -0.39 is 5.67 Å². The number of aromatic nitrogens is 3. The van der Waals surface area contributed by atoms with Gasteiger partial charge < -0.3 is 5.41 Å². The maximum atomic E-state index is 13.5. The Kier molecular flexibility index (Phi) is 3.21. The maximum absolute atomic E-state index is 13.5. The highest BCUT2D eigenvalue weighted by Gasteiger charge is 2.21. The molecule has 4 nitrogen and oxygen atoms in total. The Bertz CT molecular complexity index is 351. The second-order valence-electron chi connectivity index (χ2n) is 4.35. The second kappa shape index (κ2) is 4.08. The number of nitrogens with zero attached hydrogens (tertiary/aromatic N) is 3. The topological polar surface area (TPSA) is 54.6 Å². The molecule has 1 unspecified atom stereocenters. The first kappa shape index (κ1) is 11.8. The molecule has 1 rings (SSSR count). The fourth-order valence-electron chi connectivity index (χ4n) is 1.36. The fourth-order valence-corrected chi connectivity index (χ4v) is 1.36. The first-order valence-electron chi connectivity index (χ1n) is 4.94. The minimum Gasteiger partial charge on any atom is -0.312 e. The Labute approximate surface area is 89.0 Å². The summed E-state index contributed by atoms with van der Waals surface area (Å²) in [6.07, 6.45) is 1.28. The minimum atomic E-state index is -1.32. The van der Waals surface area contributed by atoms with Crippen LogP contribution in [0.15, 0.2) is 0 Å². The molecule has 0 saturated heterocycles. The average Bonchev–Trinajstić information content (AvgIpc) is 2.42. The molecule has 0 radical (unpaired) electrons. The van der Waals surface area contributed by atoms with E-state index in [2.05, 4.69) is 10.1 Å². The summed E-state index contributed by atoms with van der Waals surface area (Å²) in [4.78, 5) is 4.20. The fraction of sp³-hybridized carbons (Fsp3) is 0.700. The molecule has 1 heterocycles. The van der Waals surface area contributed by atoms with E-state index in [1.807, 2.05) is 6.92 Å². The summed E-state index contributed by atoms with van der Waals surface area (Å²) < 4.78 is 15.0. The van der Waals surface area contributed by atoms with Gasteiger partial charge in [-0.2, -0.15) is 5.10 Å². The van der Waals surface area contributed by atoms with Crippen LogP contribution in [0, 0.1) is 12.3 Å². The largest absolute Gasteiger partial charge is 0.312 e. The summed E-state index contributed by atoms with van der Waals surface area (Å²) in [5, 5.41) is 11.3. The summed E-state index contributed by atoms with van der Waals surface area (Å²) in [5.74, 6) is 1.13. The molecule has 0 aromatic carbocycles. The second-order valence-corrected chi connectivity index (χ2v) is 4.35. The third-order valence-corrected chi connectivity index (χ3v) is 1.99. The molecule has 0 spiro atoms. The molecule has 1 aromatic heterocycles. The number of hydrogen-bond donors (Lipinski definition) is 1. The molecule has 0 aliphatic heterocycles. The van der Waals surface area contributed by atoms with Gasteiger partial charge in [0.05, 0.1) is 12.5 Å². The summed E-state index contributed by atoms with van der Waals surface area (Å²) >= 11 is 0. The van der Waals surface area contributed by atoms with Crippen molar-refractivity contribution in [3.63, 3.8) is 0 Å². The lowest BCUT2D eigenvalue weighted by molar-refractivity contribution is 0.176. The van der Waals surface area contributed by atoms with Crippen LogP contribution in [-0.2, 0) is 6.54 Å². The molecule has 84 valence electrons. The summed E-state index contributed by atoms with van der Waals surface area (Å²) in [6, 6.07) is 0. The zero-order valence-electron chi connectivity index (χ0n) is 9.58. The van der Waals surface area contributed by atoms with E-state index in [0.29, 0.717) is 11.6 Å². The number of rotatable bonds is 4. The SMILES string of the molecule is Cc1nc(C(C)C=N)n(CC(C)(C)F)n1. The van der Waals surface area contributed by atoms with Crippen molar-refractivity contribution in [2.24, 2.45) is 0 Å². The predicted octanol–water partition coefficient (Wildman–Crippen LogP) is 2.09. The summed E-state index contributed by atoms with van der Waals surface area (Å²) in [5.41, 5.74) is -1.32. The average molecular weight is 212 g/mol. The minimum absolute atomic E-state index is 0.131. The van der Waals surface area contributed by atoms with Gasteiger partial charge in [0.15, 0.2) is 0 Å². The van der Waals surface area contributed by atoms with E-state index in [-0.39, 0.29) is 12.5 Å². The van der Waals surface area contributed by atoms with Gasteiger partial charge in [-0.05, 0) is 20.8 Å². The highest BCUT2D eigenvalue weighted by atomic mass is 19.1. The molecule has 1 N–H and O–H groups in total. The van der Waals surface area contributed by atoms with Crippen LogP contribution in [0.2, 0.25) is 0 Å². The van der Waals surface area contributed by atoms with Gasteiger partial charge in [0.2, 0.25) is 0 Å². The molecule has 0 fully saturated rings. The molecule has 1 atom stereocenters. The quantitative estimate of drug-likeness (QED) is 0.777. The molecule has 0 aliphatic carbocycles. The Morgan fingerprint density at radius 1 is 1.60 bits per heavy atom. The normalized spacial score (nSPS) is 13.9. The summed E-state index contributed by atoms with van der Waals surface area (Å²) in [7, 11) is 0. The van der Waals surface area contributed by atoms with E-state index >= 15 is 0 Å². The number of alkyl halides is 1. The Morgan fingerprint density at radius 3 is 2.67 bits per heavy atom. The Hall–Kier alpha value is -1.26. The van der Waals surface area contributed by atoms with Gasteiger partial charge in [-0.25, -0.2) is 14.1 Å². The molecule has 0 bridgehead atoms. The Balaban J connectivity index is 3.01. The van der Waals surface area contributed by atoms with Gasteiger partial charge in [0.1, 0.15) is 17.3 Å². The highest BCUT2D eigenvalue weighted by molar-refractivity contribution is 5.62. The van der Waals surface area contributed by atoms with Crippen molar-refractivity contribution in [1.82, 2.24) is 14.8 Å². The van der Waals surface area contributed by atoms with Crippen molar-refractivity contribution in [3.8, 4) is 0 Å². The van der Waals surface area contributed by atoms with Crippen molar-refractivity contribution in [3.05, 3.63) is 11.6 Å². The standard InChI is InChI=1S/C10H17FN4/c1-7(5-12)9-13-8(2)14-15(9)6-10(3,4)11/h5,7,12H,6H2,1-4H3. The van der Waals surface area contributed by atoms with Crippen LogP contribution in [0.4, 0.5) is 4.39 Å². The zero-order chi connectivity index (χ0) is 11.6. The smallest absolute Gasteiger partial charge is 0.147 e. The first-order valence-corrected chi connectivity index (χ1v) is 4.94. The third-order valence-electron chi connectivity index (χ3n) is 1.99. The maximum Gasteiger partial charge on any atom is 0.147 e. The van der Waals surface area contributed by atoms with Crippen LogP contribution in [0.5, 0.6) is 0 Å². The molecule has 15 heavy (non-hydrogen) atoms. The van der Waals surface area contributed by atoms with Gasteiger partial charge in [0, 0.05) is 6.21 Å². The molecule has 1 aromatic rings. The highest BCUT2D eigenvalue weighted by Crippen LogP contribution is 2.16. The third kappa shape index (κ3) is 3.11. The van der Waals surface area contributed by atoms with Crippen molar-refractivity contribution in [2.45, 2.75) is 45.8 Å². The van der Waals surface area contributed by atoms with Gasteiger partial charge in [0.25, 0.3) is 0 Å². The van der Waals surface area contributed by atoms with E-state index in [1.54, 1.807) is 11.6 Å². The number of halogens is 1. The summed E-state index contributed by atoms with van der Waals surface area (Å²) in [6.45, 7) is 6.78. The Morgan fingerprint density at radius 2 is 2.20 bits per heavy atom. The number of aryl methyl sites for hydroxylation is 1. The van der Waals surface area contributed by atoms with Gasteiger partial charge >= 0.3 is 0 Å². The number of hydrogen-bond acceptors (Lipinski definition) is 3. The van der Waals surface area contributed by atoms with Crippen molar-refractivity contribution < 1.29 is 4.39 Å². The van der Waals surface area contributed by atoms with Crippen LogP contribution in [0.25, 0.3) is 0 Å². The van der Waals surface area contributed by atoms with E-state index in [4.69, 9.17) is 5.41 Å². The van der Waals surface area contributed by atoms with Crippen LogP contribution in [0.1, 0.15) is 38.3 Å². The van der Waals surface area contributed by atoms with Crippen LogP contribution >= 0.6 is 0 Å². The molecular weight excluding hydrogens is 195 g/mol. The lowest BCUT2D eigenvalue weighted by Crippen LogP contribution is -2.24. The van der Waals surface area contributed by atoms with Crippen molar-refractivity contribution in [1.29, 1.82) is 5.41 Å².